The number of carbonyl (C=O) groups excluding carboxylic acids is 1. The number of aromatic nitrogens is 1. The number of hydrogen-bond acceptors (Lipinski definition) is 2. The summed E-state index contributed by atoms with van der Waals surface area (Å²) in [6, 6.07) is 4.16. The van der Waals surface area contributed by atoms with Gasteiger partial charge in [0.25, 0.3) is 0 Å². The predicted molar refractivity (Wildman–Crippen MR) is 84.0 cm³/mol. The Morgan fingerprint density at radius 3 is 2.35 bits per heavy atom. The molecule has 1 aromatic rings. The van der Waals surface area contributed by atoms with E-state index >= 15 is 0 Å². The van der Waals surface area contributed by atoms with Gasteiger partial charge < -0.3 is 9.47 Å². The fourth-order valence-electron chi connectivity index (χ4n) is 3.59. The molecule has 2 aliphatic rings. The van der Waals surface area contributed by atoms with Crippen LogP contribution in [0, 0.1) is 0 Å². The Morgan fingerprint density at radius 1 is 1.05 bits per heavy atom. The van der Waals surface area contributed by atoms with Gasteiger partial charge in [-0.2, -0.15) is 11.8 Å². The van der Waals surface area contributed by atoms with Crippen molar-refractivity contribution in [3.63, 3.8) is 0 Å². The Balaban J connectivity index is 1.74. The first-order valence-corrected chi connectivity index (χ1v) is 8.95. The van der Waals surface area contributed by atoms with E-state index in [9.17, 15) is 4.79 Å². The predicted octanol–water partition coefficient (Wildman–Crippen LogP) is 3.11. The maximum absolute atomic E-state index is 12.7. The molecule has 1 aliphatic carbocycles. The highest BCUT2D eigenvalue weighted by Gasteiger charge is 2.36. The fraction of sp³-hybridized carbons (Fsp3) is 0.688. The molecule has 0 bridgehead atoms. The van der Waals surface area contributed by atoms with Gasteiger partial charge in [0, 0.05) is 37.0 Å². The first-order valence-electron chi connectivity index (χ1n) is 7.79. The minimum absolute atomic E-state index is 0.0451. The summed E-state index contributed by atoms with van der Waals surface area (Å²) in [4.78, 5) is 14.7. The van der Waals surface area contributed by atoms with Crippen LogP contribution in [0.3, 0.4) is 0 Å². The lowest BCUT2D eigenvalue weighted by Crippen LogP contribution is -2.44. The molecule has 1 amide bonds. The molecule has 0 radical (unpaired) electrons. The minimum atomic E-state index is 0.0451. The number of hydrogen-bond donors (Lipinski definition) is 0. The summed E-state index contributed by atoms with van der Waals surface area (Å²) in [7, 11) is 0. The van der Waals surface area contributed by atoms with E-state index in [4.69, 9.17) is 0 Å². The lowest BCUT2D eigenvalue weighted by Gasteiger charge is -2.40. The zero-order valence-corrected chi connectivity index (χ0v) is 12.9. The van der Waals surface area contributed by atoms with Gasteiger partial charge in [-0.1, -0.05) is 19.3 Å². The van der Waals surface area contributed by atoms with Crippen LogP contribution < -0.4 is 0 Å². The Kier molecular flexibility index (Phi) is 4.39. The first kappa shape index (κ1) is 14.1. The van der Waals surface area contributed by atoms with E-state index < -0.39 is 0 Å². The van der Waals surface area contributed by atoms with E-state index in [2.05, 4.69) is 34.0 Å². The molecule has 0 unspecified atom stereocenters. The Bertz CT molecular complexity index is 431. The molecule has 0 spiro atoms. The van der Waals surface area contributed by atoms with Crippen molar-refractivity contribution in [3.05, 3.63) is 24.5 Å². The van der Waals surface area contributed by atoms with Crippen molar-refractivity contribution in [3.8, 4) is 0 Å². The minimum Gasteiger partial charge on any atom is -0.348 e. The highest BCUT2D eigenvalue weighted by molar-refractivity contribution is 7.99. The maximum atomic E-state index is 12.7. The molecular weight excluding hydrogens is 268 g/mol. The average molecular weight is 292 g/mol. The monoisotopic (exact) mass is 292 g/mol. The highest BCUT2D eigenvalue weighted by Crippen LogP contribution is 2.38. The van der Waals surface area contributed by atoms with Crippen molar-refractivity contribution < 1.29 is 4.79 Å². The SMILES string of the molecule is O=C(CC1(n2cccc2)CCCCC1)N1CCSCC1. The molecule has 1 saturated heterocycles. The second-order valence-corrected chi connectivity index (χ2v) is 7.27. The van der Waals surface area contributed by atoms with Gasteiger partial charge in [0.05, 0.1) is 12.0 Å². The first-order chi connectivity index (χ1) is 9.80. The van der Waals surface area contributed by atoms with E-state index in [1.54, 1.807) is 0 Å². The molecular formula is C16H24N2OS. The van der Waals surface area contributed by atoms with Gasteiger partial charge in [-0.05, 0) is 25.0 Å². The van der Waals surface area contributed by atoms with Gasteiger partial charge in [0.1, 0.15) is 0 Å². The highest BCUT2D eigenvalue weighted by atomic mass is 32.2. The zero-order chi connectivity index (χ0) is 13.8. The van der Waals surface area contributed by atoms with Crippen molar-refractivity contribution in [1.82, 2.24) is 9.47 Å². The second-order valence-electron chi connectivity index (χ2n) is 6.05. The Labute approximate surface area is 125 Å². The van der Waals surface area contributed by atoms with E-state index in [0.717, 1.165) is 37.4 Å². The molecule has 20 heavy (non-hydrogen) atoms. The summed E-state index contributed by atoms with van der Waals surface area (Å²) in [5.74, 6) is 2.56. The number of thioether (sulfide) groups is 1. The Hall–Kier alpha value is -0.900. The van der Waals surface area contributed by atoms with Crippen molar-refractivity contribution in [2.75, 3.05) is 24.6 Å². The lowest BCUT2D eigenvalue weighted by molar-refractivity contribution is -0.133. The zero-order valence-electron chi connectivity index (χ0n) is 12.1. The summed E-state index contributed by atoms with van der Waals surface area (Å²) in [5, 5.41) is 0. The number of nitrogens with zero attached hydrogens (tertiary/aromatic N) is 2. The standard InChI is InChI=1S/C16H24N2OS/c19-15(17-10-12-20-13-11-17)14-16(6-2-1-3-7-16)18-8-4-5-9-18/h4-5,8-9H,1-3,6-7,10-14H2. The summed E-state index contributed by atoms with van der Waals surface area (Å²) in [6.45, 7) is 1.87. The largest absolute Gasteiger partial charge is 0.348 e. The van der Waals surface area contributed by atoms with Crippen LogP contribution in [0.15, 0.2) is 24.5 Å². The van der Waals surface area contributed by atoms with E-state index in [1.165, 1.54) is 19.3 Å². The van der Waals surface area contributed by atoms with Gasteiger partial charge in [0.15, 0.2) is 0 Å². The number of carbonyl (C=O) groups is 1. The molecule has 1 aliphatic heterocycles. The number of amides is 1. The normalized spacial score (nSPS) is 22.7. The summed E-state index contributed by atoms with van der Waals surface area (Å²) >= 11 is 1.96. The van der Waals surface area contributed by atoms with Gasteiger partial charge in [0.2, 0.25) is 5.91 Å². The molecule has 2 fully saturated rings. The molecule has 0 N–H and O–H groups in total. The molecule has 3 nitrogen and oxygen atoms in total. The summed E-state index contributed by atoms with van der Waals surface area (Å²) in [5.41, 5.74) is 0.0451. The van der Waals surface area contributed by atoms with Crippen molar-refractivity contribution in [2.24, 2.45) is 0 Å². The van der Waals surface area contributed by atoms with Gasteiger partial charge >= 0.3 is 0 Å². The van der Waals surface area contributed by atoms with Crippen LogP contribution >= 0.6 is 11.8 Å². The maximum Gasteiger partial charge on any atom is 0.224 e. The second kappa shape index (κ2) is 6.25. The summed E-state index contributed by atoms with van der Waals surface area (Å²) < 4.78 is 2.31. The van der Waals surface area contributed by atoms with Crippen LogP contribution in [0.5, 0.6) is 0 Å². The molecule has 110 valence electrons. The average Bonchev–Trinajstić information content (AvgIpc) is 3.04. The van der Waals surface area contributed by atoms with E-state index in [1.807, 2.05) is 11.8 Å². The number of rotatable bonds is 3. The molecule has 0 aromatic carbocycles. The van der Waals surface area contributed by atoms with Crippen molar-refractivity contribution in [1.29, 1.82) is 0 Å². The van der Waals surface area contributed by atoms with Crippen molar-refractivity contribution in [2.45, 2.75) is 44.1 Å². The smallest absolute Gasteiger partial charge is 0.224 e. The van der Waals surface area contributed by atoms with Crippen LogP contribution in [0.4, 0.5) is 0 Å². The van der Waals surface area contributed by atoms with Crippen LogP contribution in [-0.2, 0) is 10.3 Å². The van der Waals surface area contributed by atoms with Crippen LogP contribution in [0.2, 0.25) is 0 Å². The summed E-state index contributed by atoms with van der Waals surface area (Å²) in [6.07, 6.45) is 11.1. The van der Waals surface area contributed by atoms with Crippen LogP contribution in [-0.4, -0.2) is 40.0 Å². The molecule has 4 heteroatoms. The van der Waals surface area contributed by atoms with Gasteiger partial charge in [-0.3, -0.25) is 4.79 Å². The molecule has 1 saturated carbocycles. The lowest BCUT2D eigenvalue weighted by atomic mass is 9.78. The third kappa shape index (κ3) is 2.90. The van der Waals surface area contributed by atoms with E-state index in [0.29, 0.717) is 12.3 Å². The van der Waals surface area contributed by atoms with Gasteiger partial charge in [-0.25, -0.2) is 0 Å². The third-order valence-electron chi connectivity index (χ3n) is 4.78. The molecule has 2 heterocycles. The van der Waals surface area contributed by atoms with Crippen molar-refractivity contribution >= 4 is 17.7 Å². The molecule has 3 rings (SSSR count). The quantitative estimate of drug-likeness (QED) is 0.855. The van der Waals surface area contributed by atoms with Crippen LogP contribution in [0.25, 0.3) is 0 Å². The molecule has 1 aromatic heterocycles. The van der Waals surface area contributed by atoms with E-state index in [-0.39, 0.29) is 5.54 Å². The Morgan fingerprint density at radius 2 is 1.70 bits per heavy atom. The van der Waals surface area contributed by atoms with Crippen LogP contribution in [0.1, 0.15) is 38.5 Å². The fourth-order valence-corrected chi connectivity index (χ4v) is 4.50. The topological polar surface area (TPSA) is 25.2 Å². The third-order valence-corrected chi connectivity index (χ3v) is 5.72. The van der Waals surface area contributed by atoms with Gasteiger partial charge in [-0.15, -0.1) is 0 Å². The molecule has 0 atom stereocenters.